The van der Waals surface area contributed by atoms with Gasteiger partial charge in [-0.1, -0.05) is 18.2 Å². The predicted octanol–water partition coefficient (Wildman–Crippen LogP) is 2.30. The standard InChI is InChI=1S/C24H21N3O5/c1-31-15-11-9-14(10-12-15)22(28)21-20-19(17-7-5-13-25-27(17)21)23(29)26(24(20)30)16-6-3-4-8-18(16)32-2/h3-13,17,19-21H,1-2H3/t17-,19-,20+,21+/m1/s1. The highest BCUT2D eigenvalue weighted by atomic mass is 16.5. The Hall–Kier alpha value is -3.94. The summed E-state index contributed by atoms with van der Waals surface area (Å²) in [5.41, 5.74) is 0.806. The molecule has 3 aliphatic rings. The van der Waals surface area contributed by atoms with Crippen LogP contribution in [0.1, 0.15) is 10.4 Å². The predicted molar refractivity (Wildman–Crippen MR) is 117 cm³/mol. The molecule has 2 saturated heterocycles. The zero-order chi connectivity index (χ0) is 22.4. The SMILES string of the molecule is COc1ccc(C(=O)[C@@H]2[C@H]3C(=O)N(c4ccccc4OC)C(=O)[C@@H]3[C@H]3C=CC=NN32)cc1. The lowest BCUT2D eigenvalue weighted by molar-refractivity contribution is -0.123. The van der Waals surface area contributed by atoms with E-state index in [0.717, 1.165) is 4.90 Å². The Morgan fingerprint density at radius 2 is 1.66 bits per heavy atom. The summed E-state index contributed by atoms with van der Waals surface area (Å²) in [5.74, 6) is -1.57. The van der Waals surface area contributed by atoms with Gasteiger partial charge in [-0.25, -0.2) is 4.90 Å². The van der Waals surface area contributed by atoms with Gasteiger partial charge < -0.3 is 9.47 Å². The zero-order valence-corrected chi connectivity index (χ0v) is 17.5. The van der Waals surface area contributed by atoms with Crippen LogP contribution in [0.2, 0.25) is 0 Å². The van der Waals surface area contributed by atoms with Gasteiger partial charge in [-0.3, -0.25) is 19.4 Å². The Morgan fingerprint density at radius 3 is 2.38 bits per heavy atom. The van der Waals surface area contributed by atoms with E-state index in [1.165, 1.54) is 7.11 Å². The van der Waals surface area contributed by atoms with Crippen molar-refractivity contribution in [1.82, 2.24) is 5.01 Å². The van der Waals surface area contributed by atoms with E-state index in [-0.39, 0.29) is 11.7 Å². The Labute approximate surface area is 184 Å². The Bertz CT molecular complexity index is 1160. The van der Waals surface area contributed by atoms with Crippen molar-refractivity contribution in [2.45, 2.75) is 12.1 Å². The molecule has 2 aromatic rings. The third-order valence-corrected chi connectivity index (χ3v) is 6.26. The molecule has 2 aromatic carbocycles. The number of carbonyl (C=O) groups excluding carboxylic acids is 3. The summed E-state index contributed by atoms with van der Waals surface area (Å²) in [6.45, 7) is 0. The number of fused-ring (bicyclic) bond motifs is 3. The fourth-order valence-corrected chi connectivity index (χ4v) is 4.82. The molecule has 3 heterocycles. The summed E-state index contributed by atoms with van der Waals surface area (Å²) in [5, 5.41) is 5.96. The first kappa shape index (κ1) is 20.0. The van der Waals surface area contributed by atoms with E-state index in [1.54, 1.807) is 72.9 Å². The molecule has 0 aliphatic carbocycles. The molecular weight excluding hydrogens is 410 g/mol. The highest BCUT2D eigenvalue weighted by Crippen LogP contribution is 2.47. The van der Waals surface area contributed by atoms with Gasteiger partial charge in [-0.05, 0) is 42.5 Å². The monoisotopic (exact) mass is 431 g/mol. The molecule has 0 saturated carbocycles. The maximum absolute atomic E-state index is 13.6. The molecule has 8 heteroatoms. The molecule has 4 atom stereocenters. The largest absolute Gasteiger partial charge is 0.497 e. The molecule has 2 fully saturated rings. The van der Waals surface area contributed by atoms with Gasteiger partial charge in [0.15, 0.2) is 5.78 Å². The lowest BCUT2D eigenvalue weighted by atomic mass is 9.86. The van der Waals surface area contributed by atoms with Crippen LogP contribution >= 0.6 is 0 Å². The zero-order valence-electron chi connectivity index (χ0n) is 17.5. The van der Waals surface area contributed by atoms with Gasteiger partial charge in [0.05, 0.1) is 37.8 Å². The fraction of sp³-hybridized carbons (Fsp3) is 0.250. The Balaban J connectivity index is 1.57. The molecule has 162 valence electrons. The number of Topliss-reactive ketones (excluding diaryl/α,β-unsaturated/α-hetero) is 1. The maximum atomic E-state index is 13.6. The van der Waals surface area contributed by atoms with Gasteiger partial charge in [-0.2, -0.15) is 5.10 Å². The van der Waals surface area contributed by atoms with Crippen LogP contribution in [0.3, 0.4) is 0 Å². The molecule has 0 aromatic heterocycles. The summed E-state index contributed by atoms with van der Waals surface area (Å²) >= 11 is 0. The number of ketones is 1. The summed E-state index contributed by atoms with van der Waals surface area (Å²) in [6, 6.07) is 12.2. The van der Waals surface area contributed by atoms with E-state index in [0.29, 0.717) is 22.7 Å². The number of allylic oxidation sites excluding steroid dienone is 1. The van der Waals surface area contributed by atoms with E-state index in [4.69, 9.17) is 9.47 Å². The molecule has 2 amide bonds. The summed E-state index contributed by atoms with van der Waals surface area (Å²) in [7, 11) is 3.04. The topological polar surface area (TPSA) is 88.5 Å². The minimum Gasteiger partial charge on any atom is -0.497 e. The number of anilines is 1. The van der Waals surface area contributed by atoms with Crippen LogP contribution < -0.4 is 14.4 Å². The van der Waals surface area contributed by atoms with Crippen molar-refractivity contribution in [2.75, 3.05) is 19.1 Å². The molecule has 8 nitrogen and oxygen atoms in total. The minimum atomic E-state index is -0.893. The van der Waals surface area contributed by atoms with Crippen molar-refractivity contribution in [3.05, 3.63) is 66.2 Å². The van der Waals surface area contributed by atoms with Gasteiger partial charge in [0.1, 0.15) is 17.5 Å². The van der Waals surface area contributed by atoms with Crippen LogP contribution in [0.4, 0.5) is 5.69 Å². The minimum absolute atomic E-state index is 0.263. The highest BCUT2D eigenvalue weighted by molar-refractivity contribution is 6.25. The van der Waals surface area contributed by atoms with Gasteiger partial charge in [0.2, 0.25) is 11.8 Å². The van der Waals surface area contributed by atoms with E-state index >= 15 is 0 Å². The van der Waals surface area contributed by atoms with Gasteiger partial charge in [0.25, 0.3) is 0 Å². The van der Waals surface area contributed by atoms with Gasteiger partial charge in [-0.15, -0.1) is 0 Å². The molecule has 0 bridgehead atoms. The van der Waals surface area contributed by atoms with Crippen LogP contribution in [0, 0.1) is 11.8 Å². The first-order chi connectivity index (χ1) is 15.6. The second kappa shape index (κ2) is 7.64. The number of rotatable bonds is 5. The average molecular weight is 431 g/mol. The van der Waals surface area contributed by atoms with E-state index in [9.17, 15) is 14.4 Å². The number of amides is 2. The first-order valence-electron chi connectivity index (χ1n) is 10.2. The number of ether oxygens (including phenoxy) is 2. The van der Waals surface area contributed by atoms with Crippen LogP contribution in [-0.4, -0.2) is 55.1 Å². The number of methoxy groups -OCH3 is 2. The molecule has 0 radical (unpaired) electrons. The van der Waals surface area contributed by atoms with Crippen LogP contribution in [-0.2, 0) is 9.59 Å². The van der Waals surface area contributed by atoms with Crippen molar-refractivity contribution >= 4 is 29.5 Å². The first-order valence-corrected chi connectivity index (χ1v) is 10.2. The second-order valence-corrected chi connectivity index (χ2v) is 7.79. The van der Waals surface area contributed by atoms with Crippen molar-refractivity contribution in [3.63, 3.8) is 0 Å². The second-order valence-electron chi connectivity index (χ2n) is 7.79. The average Bonchev–Trinajstić information content (AvgIpc) is 3.31. The molecule has 3 aliphatic heterocycles. The van der Waals surface area contributed by atoms with Gasteiger partial charge in [0, 0.05) is 11.8 Å². The molecule has 0 N–H and O–H groups in total. The van der Waals surface area contributed by atoms with Crippen LogP contribution in [0.25, 0.3) is 0 Å². The lowest BCUT2D eigenvalue weighted by Crippen LogP contribution is -2.46. The summed E-state index contributed by atoms with van der Waals surface area (Å²) < 4.78 is 10.5. The molecule has 5 rings (SSSR count). The Kier molecular flexibility index (Phi) is 4.77. The number of para-hydroxylation sites is 2. The third kappa shape index (κ3) is 2.83. The third-order valence-electron chi connectivity index (χ3n) is 6.26. The molecule has 0 spiro atoms. The van der Waals surface area contributed by atoms with Gasteiger partial charge >= 0.3 is 0 Å². The van der Waals surface area contributed by atoms with Crippen molar-refractivity contribution in [2.24, 2.45) is 16.9 Å². The number of hydrogen-bond acceptors (Lipinski definition) is 7. The quantitative estimate of drug-likeness (QED) is 0.533. The fourth-order valence-electron chi connectivity index (χ4n) is 4.82. The maximum Gasteiger partial charge on any atom is 0.240 e. The van der Waals surface area contributed by atoms with Crippen LogP contribution in [0.15, 0.2) is 65.8 Å². The van der Waals surface area contributed by atoms with Crippen molar-refractivity contribution in [3.8, 4) is 11.5 Å². The normalized spacial score (nSPS) is 25.7. The van der Waals surface area contributed by atoms with Crippen LogP contribution in [0.5, 0.6) is 11.5 Å². The number of hydrogen-bond donors (Lipinski definition) is 0. The van der Waals surface area contributed by atoms with Crippen molar-refractivity contribution in [1.29, 1.82) is 0 Å². The number of hydrazone groups is 1. The van der Waals surface area contributed by atoms with E-state index in [1.807, 2.05) is 6.08 Å². The highest BCUT2D eigenvalue weighted by Gasteiger charge is 2.64. The van der Waals surface area contributed by atoms with Crippen molar-refractivity contribution < 1.29 is 23.9 Å². The van der Waals surface area contributed by atoms with E-state index in [2.05, 4.69) is 5.10 Å². The summed E-state index contributed by atoms with van der Waals surface area (Å²) in [6.07, 6.45) is 5.13. The number of imide groups is 1. The number of nitrogens with zero attached hydrogens (tertiary/aromatic N) is 3. The number of benzene rings is 2. The molecular formula is C24H21N3O5. The summed E-state index contributed by atoms with van der Waals surface area (Å²) in [4.78, 5) is 41.9. The number of carbonyl (C=O) groups is 3. The molecule has 0 unspecified atom stereocenters. The smallest absolute Gasteiger partial charge is 0.240 e. The van der Waals surface area contributed by atoms with E-state index < -0.39 is 29.8 Å². The lowest BCUT2D eigenvalue weighted by Gasteiger charge is -2.30. The molecule has 32 heavy (non-hydrogen) atoms. The Morgan fingerprint density at radius 1 is 0.938 bits per heavy atom.